The Balaban J connectivity index is 1.68. The van der Waals surface area contributed by atoms with Crippen LogP contribution in [0.2, 0.25) is 0 Å². The van der Waals surface area contributed by atoms with Gasteiger partial charge in [-0.15, -0.1) is 0 Å². The zero-order chi connectivity index (χ0) is 18.5. The summed E-state index contributed by atoms with van der Waals surface area (Å²) < 4.78 is 11.4. The standard InChI is InChI=1S/C22H32N2O2/c1-16-15-24(3)17(2)14-20(16)23-12-11-19(22-10-7-13-26-22)18-8-5-6-9-21(18)25-4/h5-10,13,16-17,19-20,23H,11-12,14-15H2,1-4H3/t16-,17-,19+,20+/m1/s1. The molecular weight excluding hydrogens is 324 g/mol. The van der Waals surface area contributed by atoms with Crippen LogP contribution in [0.15, 0.2) is 47.1 Å². The van der Waals surface area contributed by atoms with E-state index in [-0.39, 0.29) is 5.92 Å². The number of likely N-dealkylation sites (tertiary alicyclic amines) is 1. The first-order chi connectivity index (χ1) is 12.6. The number of piperidine rings is 1. The van der Waals surface area contributed by atoms with Crippen LogP contribution in [0.4, 0.5) is 0 Å². The van der Waals surface area contributed by atoms with E-state index in [1.165, 1.54) is 12.0 Å². The molecule has 0 unspecified atom stereocenters. The number of methoxy groups -OCH3 is 1. The predicted molar refractivity (Wildman–Crippen MR) is 106 cm³/mol. The van der Waals surface area contributed by atoms with Crippen LogP contribution < -0.4 is 10.1 Å². The van der Waals surface area contributed by atoms with Crippen molar-refractivity contribution in [3.8, 4) is 5.75 Å². The summed E-state index contributed by atoms with van der Waals surface area (Å²) >= 11 is 0. The molecule has 0 bridgehead atoms. The first-order valence-corrected chi connectivity index (χ1v) is 9.70. The molecule has 142 valence electrons. The van der Waals surface area contributed by atoms with Crippen molar-refractivity contribution in [3.63, 3.8) is 0 Å². The number of para-hydroxylation sites is 1. The van der Waals surface area contributed by atoms with Gasteiger partial charge in [0, 0.05) is 30.1 Å². The van der Waals surface area contributed by atoms with Crippen LogP contribution in [0, 0.1) is 5.92 Å². The minimum atomic E-state index is 0.202. The summed E-state index contributed by atoms with van der Waals surface area (Å²) in [6, 6.07) is 13.5. The molecule has 1 saturated heterocycles. The Labute approximate surface area is 157 Å². The molecule has 4 atom stereocenters. The number of furan rings is 1. The number of ether oxygens (including phenoxy) is 1. The highest BCUT2D eigenvalue weighted by Gasteiger charge is 2.29. The summed E-state index contributed by atoms with van der Waals surface area (Å²) in [4.78, 5) is 2.46. The molecule has 1 aliphatic rings. The van der Waals surface area contributed by atoms with Gasteiger partial charge in [0.2, 0.25) is 0 Å². The third-order valence-electron chi connectivity index (χ3n) is 5.85. The normalized spacial score (nSPS) is 25.2. The fourth-order valence-electron chi connectivity index (χ4n) is 4.13. The van der Waals surface area contributed by atoms with Gasteiger partial charge in [-0.1, -0.05) is 25.1 Å². The van der Waals surface area contributed by atoms with Crippen molar-refractivity contribution in [2.75, 3.05) is 27.2 Å². The second kappa shape index (κ2) is 8.74. The van der Waals surface area contributed by atoms with E-state index >= 15 is 0 Å². The van der Waals surface area contributed by atoms with Crippen LogP contribution in [0.25, 0.3) is 0 Å². The Morgan fingerprint density at radius 1 is 1.23 bits per heavy atom. The molecule has 4 nitrogen and oxygen atoms in total. The molecule has 1 aromatic heterocycles. The fourth-order valence-corrected chi connectivity index (χ4v) is 4.13. The number of benzene rings is 1. The third kappa shape index (κ3) is 4.30. The minimum Gasteiger partial charge on any atom is -0.496 e. The highest BCUT2D eigenvalue weighted by molar-refractivity contribution is 5.39. The van der Waals surface area contributed by atoms with E-state index in [1.54, 1.807) is 13.4 Å². The second-order valence-electron chi connectivity index (χ2n) is 7.66. The van der Waals surface area contributed by atoms with Gasteiger partial charge in [0.15, 0.2) is 0 Å². The number of hydrogen-bond donors (Lipinski definition) is 1. The second-order valence-corrected chi connectivity index (χ2v) is 7.66. The maximum absolute atomic E-state index is 5.75. The molecule has 0 spiro atoms. The van der Waals surface area contributed by atoms with Crippen LogP contribution in [-0.2, 0) is 0 Å². The van der Waals surface area contributed by atoms with E-state index in [9.17, 15) is 0 Å². The van der Waals surface area contributed by atoms with E-state index in [0.717, 1.165) is 31.0 Å². The zero-order valence-corrected chi connectivity index (χ0v) is 16.4. The number of hydrogen-bond acceptors (Lipinski definition) is 4. The summed E-state index contributed by atoms with van der Waals surface area (Å²) in [5.74, 6) is 2.80. The quantitative estimate of drug-likeness (QED) is 0.809. The van der Waals surface area contributed by atoms with E-state index in [0.29, 0.717) is 18.0 Å². The summed E-state index contributed by atoms with van der Waals surface area (Å²) in [5, 5.41) is 3.81. The molecule has 3 rings (SSSR count). The number of nitrogens with zero attached hydrogens (tertiary/aromatic N) is 1. The zero-order valence-electron chi connectivity index (χ0n) is 16.4. The molecule has 2 aromatic rings. The van der Waals surface area contributed by atoms with Crippen molar-refractivity contribution in [1.29, 1.82) is 0 Å². The summed E-state index contributed by atoms with van der Waals surface area (Å²) in [6.45, 7) is 6.80. The Morgan fingerprint density at radius 3 is 2.77 bits per heavy atom. The van der Waals surface area contributed by atoms with E-state index < -0.39 is 0 Å². The Kier molecular flexibility index (Phi) is 6.38. The number of nitrogens with one attached hydrogen (secondary N) is 1. The summed E-state index contributed by atoms with van der Waals surface area (Å²) in [7, 11) is 3.96. The van der Waals surface area contributed by atoms with Crippen molar-refractivity contribution in [1.82, 2.24) is 10.2 Å². The third-order valence-corrected chi connectivity index (χ3v) is 5.85. The van der Waals surface area contributed by atoms with Gasteiger partial charge in [-0.25, -0.2) is 0 Å². The van der Waals surface area contributed by atoms with E-state index in [1.807, 2.05) is 18.2 Å². The molecule has 4 heteroatoms. The molecule has 1 aromatic carbocycles. The highest BCUT2D eigenvalue weighted by atomic mass is 16.5. The number of rotatable bonds is 7. The molecule has 26 heavy (non-hydrogen) atoms. The largest absolute Gasteiger partial charge is 0.496 e. The molecule has 1 fully saturated rings. The average molecular weight is 357 g/mol. The van der Waals surface area contributed by atoms with E-state index in [4.69, 9.17) is 9.15 Å². The lowest BCUT2D eigenvalue weighted by Crippen LogP contribution is -2.51. The molecule has 1 N–H and O–H groups in total. The highest BCUT2D eigenvalue weighted by Crippen LogP contribution is 2.34. The first kappa shape index (κ1) is 19.0. The fraction of sp³-hybridized carbons (Fsp3) is 0.545. The van der Waals surface area contributed by atoms with Crippen LogP contribution in [0.3, 0.4) is 0 Å². The molecule has 0 aliphatic carbocycles. The topological polar surface area (TPSA) is 37.6 Å². The maximum atomic E-state index is 5.75. The molecule has 2 heterocycles. The Morgan fingerprint density at radius 2 is 2.04 bits per heavy atom. The molecular formula is C22H32N2O2. The minimum absolute atomic E-state index is 0.202. The lowest BCUT2D eigenvalue weighted by atomic mass is 9.88. The molecule has 0 saturated carbocycles. The lowest BCUT2D eigenvalue weighted by molar-refractivity contribution is 0.121. The SMILES string of the molecule is COc1ccccc1[C@H](CCN[C@H]1C[C@@H](C)N(C)C[C@H]1C)c1ccco1. The van der Waals surface area contributed by atoms with Crippen LogP contribution in [0.1, 0.15) is 43.9 Å². The van der Waals surface area contributed by atoms with Crippen molar-refractivity contribution < 1.29 is 9.15 Å². The lowest BCUT2D eigenvalue weighted by Gasteiger charge is -2.40. The molecule has 0 amide bonds. The van der Waals surface area contributed by atoms with Gasteiger partial charge in [0.25, 0.3) is 0 Å². The smallest absolute Gasteiger partial charge is 0.122 e. The van der Waals surface area contributed by atoms with Gasteiger partial charge in [-0.2, -0.15) is 0 Å². The van der Waals surface area contributed by atoms with Crippen molar-refractivity contribution >= 4 is 0 Å². The predicted octanol–water partition coefficient (Wildman–Crippen LogP) is 4.13. The summed E-state index contributed by atoms with van der Waals surface area (Å²) in [6.07, 6.45) is 3.95. The molecule has 1 aliphatic heterocycles. The van der Waals surface area contributed by atoms with Crippen LogP contribution in [-0.4, -0.2) is 44.2 Å². The Hall–Kier alpha value is -1.78. The van der Waals surface area contributed by atoms with Crippen LogP contribution in [0.5, 0.6) is 5.75 Å². The van der Waals surface area contributed by atoms with Crippen LogP contribution >= 0.6 is 0 Å². The summed E-state index contributed by atoms with van der Waals surface area (Å²) in [5.41, 5.74) is 1.19. The Bertz CT molecular complexity index is 671. The molecule has 0 radical (unpaired) electrons. The monoisotopic (exact) mass is 356 g/mol. The first-order valence-electron chi connectivity index (χ1n) is 9.70. The average Bonchev–Trinajstić information content (AvgIpc) is 3.17. The van der Waals surface area contributed by atoms with Crippen molar-refractivity contribution in [3.05, 3.63) is 54.0 Å². The van der Waals surface area contributed by atoms with Gasteiger partial charge in [-0.3, -0.25) is 0 Å². The van der Waals surface area contributed by atoms with Gasteiger partial charge in [0.1, 0.15) is 11.5 Å². The van der Waals surface area contributed by atoms with Gasteiger partial charge in [-0.05, 0) is 57.5 Å². The van der Waals surface area contributed by atoms with Crippen molar-refractivity contribution in [2.24, 2.45) is 5.92 Å². The van der Waals surface area contributed by atoms with Gasteiger partial charge >= 0.3 is 0 Å². The van der Waals surface area contributed by atoms with Gasteiger partial charge < -0.3 is 19.4 Å². The van der Waals surface area contributed by atoms with Crippen molar-refractivity contribution in [2.45, 2.75) is 44.7 Å². The van der Waals surface area contributed by atoms with E-state index in [2.05, 4.69) is 49.3 Å². The van der Waals surface area contributed by atoms with Gasteiger partial charge in [0.05, 0.1) is 13.4 Å². The maximum Gasteiger partial charge on any atom is 0.122 e.